The maximum absolute atomic E-state index is 13.2. The van der Waals surface area contributed by atoms with Gasteiger partial charge in [0.1, 0.15) is 10.8 Å². The van der Waals surface area contributed by atoms with Gasteiger partial charge in [0.05, 0.1) is 5.75 Å². The summed E-state index contributed by atoms with van der Waals surface area (Å²) in [5.41, 5.74) is 1.71. The lowest BCUT2D eigenvalue weighted by atomic mass is 10.2. The number of carbonyl (C=O) groups excluding carboxylic acids is 1. The summed E-state index contributed by atoms with van der Waals surface area (Å²) >= 11 is 7.24. The topological polar surface area (TPSA) is 61.4 Å². The van der Waals surface area contributed by atoms with Gasteiger partial charge in [-0.15, -0.1) is 0 Å². The molecule has 6 nitrogen and oxygen atoms in total. The predicted octanol–water partition coefficient (Wildman–Crippen LogP) is 4.33. The average molecular weight is 458 g/mol. The molecular formula is C22H21ClFN5OS. The molecule has 0 unspecified atom stereocenters. The lowest BCUT2D eigenvalue weighted by molar-refractivity contribution is -0.113. The third-order valence-corrected chi connectivity index (χ3v) is 6.11. The van der Waals surface area contributed by atoms with E-state index in [1.54, 1.807) is 48.8 Å². The Kier molecular flexibility index (Phi) is 6.89. The zero-order valence-electron chi connectivity index (χ0n) is 16.7. The van der Waals surface area contributed by atoms with Crippen LogP contribution in [0.1, 0.15) is 0 Å². The van der Waals surface area contributed by atoms with E-state index in [4.69, 9.17) is 11.6 Å². The van der Waals surface area contributed by atoms with Gasteiger partial charge in [-0.05, 0) is 48.5 Å². The highest BCUT2D eigenvalue weighted by Gasteiger charge is 2.21. The van der Waals surface area contributed by atoms with Crippen LogP contribution in [0.5, 0.6) is 0 Å². The number of nitrogens with zero attached hydrogens (tertiary/aromatic N) is 4. The van der Waals surface area contributed by atoms with Crippen LogP contribution in [-0.4, -0.2) is 47.8 Å². The van der Waals surface area contributed by atoms with Crippen LogP contribution in [0.3, 0.4) is 0 Å². The maximum atomic E-state index is 13.2. The second kappa shape index (κ2) is 9.98. The van der Waals surface area contributed by atoms with E-state index >= 15 is 0 Å². The van der Waals surface area contributed by atoms with E-state index in [2.05, 4.69) is 25.1 Å². The van der Waals surface area contributed by atoms with Crippen LogP contribution in [-0.2, 0) is 4.79 Å². The number of piperazine rings is 1. The van der Waals surface area contributed by atoms with Gasteiger partial charge >= 0.3 is 0 Å². The molecule has 1 aliphatic heterocycles. The number of thioether (sulfide) groups is 1. The van der Waals surface area contributed by atoms with Crippen molar-refractivity contribution in [3.63, 3.8) is 0 Å². The molecule has 0 atom stereocenters. The third kappa shape index (κ3) is 5.65. The Labute approximate surface area is 189 Å². The molecular weight excluding hydrogens is 437 g/mol. The second-order valence-electron chi connectivity index (χ2n) is 6.98. The number of benzene rings is 2. The highest BCUT2D eigenvalue weighted by molar-refractivity contribution is 8.00. The molecule has 4 rings (SSSR count). The third-order valence-electron chi connectivity index (χ3n) is 4.89. The van der Waals surface area contributed by atoms with Gasteiger partial charge in [0.15, 0.2) is 5.82 Å². The molecule has 3 aromatic rings. The molecule has 1 fully saturated rings. The molecule has 0 aliphatic carbocycles. The molecule has 1 saturated heterocycles. The fraction of sp³-hybridized carbons (Fsp3) is 0.227. The lowest BCUT2D eigenvalue weighted by Gasteiger charge is -2.37. The summed E-state index contributed by atoms with van der Waals surface area (Å²) in [5, 5.41) is 4.20. The Morgan fingerprint density at radius 3 is 2.32 bits per heavy atom. The SMILES string of the molecule is O=C(CSc1nccnc1N1CCN(c2ccc(F)cc2)CC1)Nc1ccc(Cl)cc1. The Morgan fingerprint density at radius 1 is 0.968 bits per heavy atom. The molecule has 0 spiro atoms. The largest absolute Gasteiger partial charge is 0.368 e. The zero-order valence-corrected chi connectivity index (χ0v) is 18.2. The second-order valence-corrected chi connectivity index (χ2v) is 8.38. The molecule has 0 saturated carbocycles. The van der Waals surface area contributed by atoms with Crippen LogP contribution < -0.4 is 15.1 Å². The van der Waals surface area contributed by atoms with E-state index in [-0.39, 0.29) is 17.5 Å². The minimum absolute atomic E-state index is 0.120. The standard InChI is InChI=1S/C22H21ClFN5OS/c23-16-1-5-18(6-2-16)27-20(30)15-31-22-21(25-9-10-26-22)29-13-11-28(12-14-29)19-7-3-17(24)4-8-19/h1-10H,11-15H2,(H,27,30). The summed E-state index contributed by atoms with van der Waals surface area (Å²) in [7, 11) is 0. The van der Waals surface area contributed by atoms with Crippen LogP contribution in [0.4, 0.5) is 21.6 Å². The molecule has 31 heavy (non-hydrogen) atoms. The molecule has 1 aliphatic rings. The number of amides is 1. The predicted molar refractivity (Wildman–Crippen MR) is 124 cm³/mol. The Balaban J connectivity index is 1.34. The van der Waals surface area contributed by atoms with Crippen LogP contribution in [0, 0.1) is 5.82 Å². The highest BCUT2D eigenvalue weighted by atomic mass is 35.5. The van der Waals surface area contributed by atoms with Crippen LogP contribution >= 0.6 is 23.4 Å². The van der Waals surface area contributed by atoms with E-state index < -0.39 is 0 Å². The average Bonchev–Trinajstić information content (AvgIpc) is 2.80. The molecule has 9 heteroatoms. The van der Waals surface area contributed by atoms with E-state index in [0.717, 1.165) is 42.7 Å². The first-order valence-electron chi connectivity index (χ1n) is 9.83. The Bertz CT molecular complexity index is 1030. The van der Waals surface area contributed by atoms with Crippen molar-refractivity contribution >= 4 is 46.5 Å². The normalized spacial score (nSPS) is 13.9. The van der Waals surface area contributed by atoms with Crippen LogP contribution in [0.15, 0.2) is 66.0 Å². The van der Waals surface area contributed by atoms with Gasteiger partial charge in [0, 0.05) is 55.0 Å². The van der Waals surface area contributed by atoms with Gasteiger partial charge in [0.2, 0.25) is 5.91 Å². The fourth-order valence-corrected chi connectivity index (χ4v) is 4.24. The number of hydrogen-bond donors (Lipinski definition) is 1. The number of carbonyl (C=O) groups is 1. The first-order chi connectivity index (χ1) is 15.1. The molecule has 0 bridgehead atoms. The number of halogens is 2. The van der Waals surface area contributed by atoms with Gasteiger partial charge in [-0.2, -0.15) is 0 Å². The number of aromatic nitrogens is 2. The molecule has 2 heterocycles. The Morgan fingerprint density at radius 2 is 1.61 bits per heavy atom. The van der Waals surface area contributed by atoms with Gasteiger partial charge in [0.25, 0.3) is 0 Å². The molecule has 1 N–H and O–H groups in total. The number of anilines is 3. The number of hydrogen-bond acceptors (Lipinski definition) is 6. The van der Waals surface area contributed by atoms with E-state index in [0.29, 0.717) is 10.7 Å². The Hall–Kier alpha value is -2.84. The summed E-state index contributed by atoms with van der Waals surface area (Å²) < 4.78 is 13.2. The number of rotatable bonds is 6. The van der Waals surface area contributed by atoms with E-state index in [9.17, 15) is 9.18 Å². The van der Waals surface area contributed by atoms with Crippen molar-refractivity contribution in [3.05, 3.63) is 71.8 Å². The minimum atomic E-state index is -0.233. The zero-order chi connectivity index (χ0) is 21.6. The molecule has 2 aromatic carbocycles. The van der Waals surface area contributed by atoms with Crippen molar-refractivity contribution in [2.24, 2.45) is 0 Å². The minimum Gasteiger partial charge on any atom is -0.368 e. The lowest BCUT2D eigenvalue weighted by Crippen LogP contribution is -2.47. The van der Waals surface area contributed by atoms with Crippen LogP contribution in [0.2, 0.25) is 5.02 Å². The van der Waals surface area contributed by atoms with E-state index in [1.807, 2.05) is 0 Å². The van der Waals surface area contributed by atoms with Gasteiger partial charge < -0.3 is 15.1 Å². The van der Waals surface area contributed by atoms with Crippen molar-refractivity contribution in [1.82, 2.24) is 9.97 Å². The summed E-state index contributed by atoms with van der Waals surface area (Å²) in [5.74, 6) is 0.656. The van der Waals surface area contributed by atoms with Crippen LogP contribution in [0.25, 0.3) is 0 Å². The summed E-state index contributed by atoms with van der Waals surface area (Å²) in [6, 6.07) is 13.6. The molecule has 1 amide bonds. The molecule has 0 radical (unpaired) electrons. The number of nitrogens with one attached hydrogen (secondary N) is 1. The van der Waals surface area contributed by atoms with Gasteiger partial charge in [-0.1, -0.05) is 23.4 Å². The smallest absolute Gasteiger partial charge is 0.234 e. The van der Waals surface area contributed by atoms with Gasteiger partial charge in [-0.25, -0.2) is 14.4 Å². The summed E-state index contributed by atoms with van der Waals surface area (Å²) in [6.07, 6.45) is 3.30. The summed E-state index contributed by atoms with van der Waals surface area (Å²) in [4.78, 5) is 25.7. The van der Waals surface area contributed by atoms with Crippen molar-refractivity contribution in [2.45, 2.75) is 5.03 Å². The monoisotopic (exact) mass is 457 g/mol. The van der Waals surface area contributed by atoms with Crippen molar-refractivity contribution in [2.75, 3.05) is 47.0 Å². The first kappa shape index (κ1) is 21.4. The summed E-state index contributed by atoms with van der Waals surface area (Å²) in [6.45, 7) is 3.12. The quantitative estimate of drug-likeness (QED) is 0.556. The maximum Gasteiger partial charge on any atom is 0.234 e. The van der Waals surface area contributed by atoms with Crippen molar-refractivity contribution in [1.29, 1.82) is 0 Å². The first-order valence-corrected chi connectivity index (χ1v) is 11.2. The fourth-order valence-electron chi connectivity index (χ4n) is 3.33. The van der Waals surface area contributed by atoms with Crippen molar-refractivity contribution in [3.8, 4) is 0 Å². The highest BCUT2D eigenvalue weighted by Crippen LogP contribution is 2.27. The molecule has 1 aromatic heterocycles. The van der Waals surface area contributed by atoms with Gasteiger partial charge in [-0.3, -0.25) is 4.79 Å². The molecule has 160 valence electrons. The van der Waals surface area contributed by atoms with E-state index in [1.165, 1.54) is 23.9 Å². The van der Waals surface area contributed by atoms with Crippen molar-refractivity contribution < 1.29 is 9.18 Å².